The lowest BCUT2D eigenvalue weighted by molar-refractivity contribution is 0.642. The van der Waals surface area contributed by atoms with Crippen LogP contribution in [-0.4, -0.2) is 0 Å². The first kappa shape index (κ1) is 6.24. The molecule has 0 radical (unpaired) electrons. The lowest BCUT2D eigenvalue weighted by Crippen LogP contribution is -2.17. The van der Waals surface area contributed by atoms with Crippen LogP contribution in [0.1, 0.15) is 6.92 Å². The summed E-state index contributed by atoms with van der Waals surface area (Å²) in [5.74, 6) is 0. The van der Waals surface area contributed by atoms with Gasteiger partial charge in [0, 0.05) is 5.41 Å². The maximum absolute atomic E-state index is 2.30. The second-order valence-corrected chi connectivity index (χ2v) is 3.68. The third-order valence-corrected chi connectivity index (χ3v) is 3.17. The maximum atomic E-state index is 2.30. The van der Waals surface area contributed by atoms with Crippen LogP contribution in [0, 0.1) is 5.41 Å². The van der Waals surface area contributed by atoms with Crippen LogP contribution in [0.2, 0.25) is 0 Å². The van der Waals surface area contributed by atoms with Gasteiger partial charge in [0.1, 0.15) is 0 Å². The van der Waals surface area contributed by atoms with Crippen molar-refractivity contribution in [3.63, 3.8) is 0 Å². The van der Waals surface area contributed by atoms with E-state index in [9.17, 15) is 0 Å². The highest BCUT2D eigenvalue weighted by atomic mass is 14.4. The molecule has 1 atom stereocenters. The summed E-state index contributed by atoms with van der Waals surface area (Å²) in [6.07, 6.45) is 15.4. The Labute approximate surface area is 72.3 Å². The zero-order chi connectivity index (χ0) is 8.18. The molecule has 0 fully saturated rings. The van der Waals surface area contributed by atoms with Crippen molar-refractivity contribution in [1.82, 2.24) is 0 Å². The van der Waals surface area contributed by atoms with Crippen molar-refractivity contribution in [2.24, 2.45) is 5.41 Å². The summed E-state index contributed by atoms with van der Waals surface area (Å²) in [5, 5.41) is 0. The van der Waals surface area contributed by atoms with Gasteiger partial charge in [0.05, 0.1) is 0 Å². The minimum Gasteiger partial charge on any atom is -0.0616 e. The molecule has 0 saturated heterocycles. The summed E-state index contributed by atoms with van der Waals surface area (Å²) in [7, 11) is 0. The van der Waals surface area contributed by atoms with Gasteiger partial charge in [-0.2, -0.15) is 0 Å². The average molecular weight is 154 g/mol. The Morgan fingerprint density at radius 3 is 2.17 bits per heavy atom. The summed E-state index contributed by atoms with van der Waals surface area (Å²) in [6.45, 7) is 2.30. The van der Waals surface area contributed by atoms with Gasteiger partial charge >= 0.3 is 0 Å². The van der Waals surface area contributed by atoms with Crippen LogP contribution in [0.4, 0.5) is 0 Å². The van der Waals surface area contributed by atoms with Crippen molar-refractivity contribution in [3.8, 4) is 0 Å². The molecule has 0 heteroatoms. The molecule has 0 aliphatic heterocycles. The van der Waals surface area contributed by atoms with Gasteiger partial charge in [-0.25, -0.2) is 0 Å². The van der Waals surface area contributed by atoms with E-state index in [2.05, 4.69) is 49.5 Å². The first-order chi connectivity index (χ1) is 5.82. The molecule has 0 heterocycles. The van der Waals surface area contributed by atoms with Crippen molar-refractivity contribution >= 4 is 0 Å². The third-order valence-electron chi connectivity index (χ3n) is 3.17. The fourth-order valence-electron chi connectivity index (χ4n) is 2.28. The zero-order valence-corrected chi connectivity index (χ0v) is 7.04. The Kier molecular flexibility index (Phi) is 0.891. The highest BCUT2D eigenvalue weighted by Gasteiger charge is 2.40. The van der Waals surface area contributed by atoms with Gasteiger partial charge in [-0.3, -0.25) is 0 Å². The molecule has 0 spiro atoms. The molecule has 0 aromatic heterocycles. The molecule has 0 aromatic carbocycles. The lowest BCUT2D eigenvalue weighted by Gasteiger charge is -2.28. The van der Waals surface area contributed by atoms with E-state index in [0.29, 0.717) is 0 Å². The van der Waals surface area contributed by atoms with E-state index < -0.39 is 0 Å². The molecular weight excluding hydrogens is 144 g/mol. The van der Waals surface area contributed by atoms with Gasteiger partial charge in [-0.05, 0) is 23.6 Å². The first-order valence-electron chi connectivity index (χ1n) is 4.32. The molecule has 0 amide bonds. The summed E-state index contributed by atoms with van der Waals surface area (Å²) in [6, 6.07) is 0. The largest absolute Gasteiger partial charge is 0.0616 e. The van der Waals surface area contributed by atoms with Crippen molar-refractivity contribution < 1.29 is 0 Å². The number of hydrogen-bond donors (Lipinski definition) is 0. The molecule has 1 unspecified atom stereocenters. The Bertz CT molecular complexity index is 400. The van der Waals surface area contributed by atoms with Crippen LogP contribution in [0.25, 0.3) is 0 Å². The molecule has 0 saturated carbocycles. The molecule has 3 aliphatic carbocycles. The van der Waals surface area contributed by atoms with Crippen LogP contribution in [0.5, 0.6) is 0 Å². The van der Waals surface area contributed by atoms with E-state index in [-0.39, 0.29) is 5.41 Å². The number of hydrogen-bond acceptors (Lipinski definition) is 0. The van der Waals surface area contributed by atoms with E-state index in [1.54, 1.807) is 0 Å². The standard InChI is InChI=1S/C12H10/c1-12-9-3-2-4-10(12)6-8-11(12)7-5-9/h2-8H,1H3. The minimum atomic E-state index is 0.203. The second-order valence-electron chi connectivity index (χ2n) is 3.68. The van der Waals surface area contributed by atoms with E-state index >= 15 is 0 Å². The van der Waals surface area contributed by atoms with Crippen LogP contribution in [0.3, 0.4) is 0 Å². The molecule has 0 N–H and O–H groups in total. The molecule has 3 aliphatic rings. The topological polar surface area (TPSA) is 0 Å². The van der Waals surface area contributed by atoms with Crippen molar-refractivity contribution in [1.29, 1.82) is 0 Å². The van der Waals surface area contributed by atoms with Crippen molar-refractivity contribution in [2.45, 2.75) is 6.92 Å². The van der Waals surface area contributed by atoms with Gasteiger partial charge in [-0.1, -0.05) is 42.5 Å². The highest BCUT2D eigenvalue weighted by Crippen LogP contribution is 2.52. The van der Waals surface area contributed by atoms with Gasteiger partial charge < -0.3 is 0 Å². The van der Waals surface area contributed by atoms with E-state index in [1.807, 2.05) is 0 Å². The Balaban J connectivity index is 2.35. The summed E-state index contributed by atoms with van der Waals surface area (Å²) in [5.41, 5.74) is 4.50. The fourth-order valence-corrected chi connectivity index (χ4v) is 2.28. The SMILES string of the molecule is CC12C3=CC=CC1=CC=C2C=C3. The maximum Gasteiger partial charge on any atom is 0.0423 e. The van der Waals surface area contributed by atoms with E-state index in [1.165, 1.54) is 16.7 Å². The van der Waals surface area contributed by atoms with Crippen molar-refractivity contribution in [2.75, 3.05) is 0 Å². The molecular formula is C12H10. The Hall–Kier alpha value is -1.30. The molecule has 12 heavy (non-hydrogen) atoms. The summed E-state index contributed by atoms with van der Waals surface area (Å²) in [4.78, 5) is 0. The Morgan fingerprint density at radius 2 is 1.42 bits per heavy atom. The van der Waals surface area contributed by atoms with E-state index in [0.717, 1.165) is 0 Å². The Morgan fingerprint density at radius 1 is 0.833 bits per heavy atom. The first-order valence-corrected chi connectivity index (χ1v) is 4.32. The van der Waals surface area contributed by atoms with Gasteiger partial charge in [-0.15, -0.1) is 0 Å². The second kappa shape index (κ2) is 1.71. The summed E-state index contributed by atoms with van der Waals surface area (Å²) < 4.78 is 0. The van der Waals surface area contributed by atoms with Crippen LogP contribution >= 0.6 is 0 Å². The molecule has 3 rings (SSSR count). The van der Waals surface area contributed by atoms with Gasteiger partial charge in [0.2, 0.25) is 0 Å². The smallest absolute Gasteiger partial charge is 0.0423 e. The third kappa shape index (κ3) is 0.482. The predicted molar refractivity (Wildman–Crippen MR) is 50.6 cm³/mol. The molecule has 0 bridgehead atoms. The highest BCUT2D eigenvalue weighted by molar-refractivity contribution is 5.65. The van der Waals surface area contributed by atoms with Crippen molar-refractivity contribution in [3.05, 3.63) is 59.3 Å². The predicted octanol–water partition coefficient (Wildman–Crippen LogP) is 2.93. The molecule has 0 aromatic rings. The van der Waals surface area contributed by atoms with Crippen LogP contribution in [-0.2, 0) is 0 Å². The average Bonchev–Trinajstić information content (AvgIpc) is 2.57. The zero-order valence-electron chi connectivity index (χ0n) is 7.04. The van der Waals surface area contributed by atoms with Crippen LogP contribution in [0.15, 0.2) is 59.3 Å². The van der Waals surface area contributed by atoms with Gasteiger partial charge in [0.15, 0.2) is 0 Å². The normalized spacial score (nSPS) is 34.6. The van der Waals surface area contributed by atoms with E-state index in [4.69, 9.17) is 0 Å². The van der Waals surface area contributed by atoms with Crippen LogP contribution < -0.4 is 0 Å². The summed E-state index contributed by atoms with van der Waals surface area (Å²) >= 11 is 0. The number of rotatable bonds is 0. The quantitative estimate of drug-likeness (QED) is 0.503. The minimum absolute atomic E-state index is 0.203. The lowest BCUT2D eigenvalue weighted by atomic mass is 9.74. The fraction of sp³-hybridized carbons (Fsp3) is 0.167. The number of allylic oxidation sites excluding steroid dienone is 10. The van der Waals surface area contributed by atoms with Gasteiger partial charge in [0.25, 0.3) is 0 Å². The molecule has 58 valence electrons. The monoisotopic (exact) mass is 154 g/mol. The molecule has 0 nitrogen and oxygen atoms in total.